The van der Waals surface area contributed by atoms with E-state index in [0.29, 0.717) is 22.3 Å². The summed E-state index contributed by atoms with van der Waals surface area (Å²) >= 11 is 11.8. The van der Waals surface area contributed by atoms with Gasteiger partial charge >= 0.3 is 0 Å². The van der Waals surface area contributed by atoms with Crippen molar-refractivity contribution in [3.8, 4) is 5.75 Å². The molecular formula is C15H21Cl3N2O2. The molecule has 0 aliphatic heterocycles. The molecule has 1 saturated carbocycles. The summed E-state index contributed by atoms with van der Waals surface area (Å²) in [5.41, 5.74) is 5.54. The minimum absolute atomic E-state index is 0. The Morgan fingerprint density at radius 1 is 1.32 bits per heavy atom. The van der Waals surface area contributed by atoms with E-state index in [9.17, 15) is 4.79 Å². The molecule has 124 valence electrons. The SMILES string of the molecule is CC(Oc1cc(Cl)cc(Cl)c1)C(=O)NC1(CN)CCCC1.Cl. The van der Waals surface area contributed by atoms with E-state index < -0.39 is 6.10 Å². The zero-order chi connectivity index (χ0) is 15.5. The van der Waals surface area contributed by atoms with Crippen molar-refractivity contribution in [1.82, 2.24) is 5.32 Å². The maximum atomic E-state index is 12.3. The highest BCUT2D eigenvalue weighted by molar-refractivity contribution is 6.34. The average molecular weight is 368 g/mol. The third kappa shape index (κ3) is 4.92. The molecule has 1 aromatic rings. The summed E-state index contributed by atoms with van der Waals surface area (Å²) in [6.45, 7) is 2.15. The topological polar surface area (TPSA) is 64.3 Å². The van der Waals surface area contributed by atoms with Crippen molar-refractivity contribution in [2.75, 3.05) is 6.54 Å². The van der Waals surface area contributed by atoms with Crippen LogP contribution in [-0.2, 0) is 4.79 Å². The van der Waals surface area contributed by atoms with Crippen molar-refractivity contribution in [3.05, 3.63) is 28.2 Å². The van der Waals surface area contributed by atoms with E-state index in [1.807, 2.05) is 0 Å². The van der Waals surface area contributed by atoms with E-state index in [-0.39, 0.29) is 23.9 Å². The number of halogens is 3. The van der Waals surface area contributed by atoms with Crippen molar-refractivity contribution in [2.24, 2.45) is 5.73 Å². The first-order chi connectivity index (χ1) is 9.94. The molecule has 3 N–H and O–H groups in total. The van der Waals surface area contributed by atoms with E-state index >= 15 is 0 Å². The number of hydrogen-bond donors (Lipinski definition) is 2. The number of carbonyl (C=O) groups excluding carboxylic acids is 1. The Morgan fingerprint density at radius 2 is 1.86 bits per heavy atom. The lowest BCUT2D eigenvalue weighted by molar-refractivity contribution is -0.129. The highest BCUT2D eigenvalue weighted by Gasteiger charge is 2.35. The molecule has 1 aliphatic rings. The highest BCUT2D eigenvalue weighted by atomic mass is 35.5. The summed E-state index contributed by atoms with van der Waals surface area (Å²) in [6.07, 6.45) is 3.40. The van der Waals surface area contributed by atoms with Crippen LogP contribution in [0.1, 0.15) is 32.6 Å². The lowest BCUT2D eigenvalue weighted by Gasteiger charge is -2.30. The highest BCUT2D eigenvalue weighted by Crippen LogP contribution is 2.29. The average Bonchev–Trinajstić information content (AvgIpc) is 2.86. The fourth-order valence-corrected chi connectivity index (χ4v) is 3.16. The van der Waals surface area contributed by atoms with Gasteiger partial charge < -0.3 is 15.8 Å². The number of amides is 1. The normalized spacial score (nSPS) is 17.5. The van der Waals surface area contributed by atoms with Gasteiger partial charge in [-0.1, -0.05) is 36.0 Å². The van der Waals surface area contributed by atoms with Gasteiger partial charge in [-0.3, -0.25) is 4.79 Å². The Kier molecular flexibility index (Phi) is 7.26. The molecule has 0 aromatic heterocycles. The molecule has 1 atom stereocenters. The Labute approximate surface area is 147 Å². The zero-order valence-electron chi connectivity index (χ0n) is 12.4. The van der Waals surface area contributed by atoms with Gasteiger partial charge in [0.1, 0.15) is 5.75 Å². The molecule has 7 heteroatoms. The molecule has 0 radical (unpaired) electrons. The predicted octanol–water partition coefficient (Wildman–Crippen LogP) is 3.57. The Hall–Kier alpha value is -0.680. The molecular weight excluding hydrogens is 347 g/mol. The summed E-state index contributed by atoms with van der Waals surface area (Å²) in [7, 11) is 0. The van der Waals surface area contributed by atoms with Gasteiger partial charge in [-0.25, -0.2) is 0 Å². The molecule has 0 heterocycles. The summed E-state index contributed by atoms with van der Waals surface area (Å²) in [4.78, 5) is 12.3. The first kappa shape index (κ1) is 19.4. The molecule has 1 unspecified atom stereocenters. The van der Waals surface area contributed by atoms with Crippen molar-refractivity contribution in [1.29, 1.82) is 0 Å². The molecule has 0 spiro atoms. The standard InChI is InChI=1S/C15H20Cl2N2O2.ClH/c1-10(21-13-7-11(16)6-12(17)8-13)14(20)19-15(9-18)4-2-3-5-15;/h6-8,10H,2-5,9,18H2,1H3,(H,19,20);1H. The molecule has 0 saturated heterocycles. The summed E-state index contributed by atoms with van der Waals surface area (Å²) in [5.74, 6) is 0.307. The second-order valence-corrected chi connectivity index (χ2v) is 6.42. The van der Waals surface area contributed by atoms with Crippen LogP contribution < -0.4 is 15.8 Å². The zero-order valence-corrected chi connectivity index (χ0v) is 14.7. The van der Waals surface area contributed by atoms with E-state index in [1.165, 1.54) is 0 Å². The number of benzene rings is 1. The molecule has 4 nitrogen and oxygen atoms in total. The minimum atomic E-state index is -0.636. The second kappa shape index (κ2) is 8.25. The van der Waals surface area contributed by atoms with Gasteiger partial charge in [0, 0.05) is 16.6 Å². The quantitative estimate of drug-likeness (QED) is 0.836. The Morgan fingerprint density at radius 3 is 2.36 bits per heavy atom. The van der Waals surface area contributed by atoms with Crippen LogP contribution in [0.3, 0.4) is 0 Å². The predicted molar refractivity (Wildman–Crippen MR) is 92.2 cm³/mol. The van der Waals surface area contributed by atoms with Crippen molar-refractivity contribution in [3.63, 3.8) is 0 Å². The van der Waals surface area contributed by atoms with Gasteiger partial charge in [-0.05, 0) is 38.0 Å². The molecule has 1 fully saturated rings. The maximum Gasteiger partial charge on any atom is 0.261 e. The minimum Gasteiger partial charge on any atom is -0.481 e. The van der Waals surface area contributed by atoms with Crippen molar-refractivity contribution in [2.45, 2.75) is 44.2 Å². The first-order valence-electron chi connectivity index (χ1n) is 7.09. The molecule has 0 bridgehead atoms. The summed E-state index contributed by atoms with van der Waals surface area (Å²) in [5, 5.41) is 3.98. The fourth-order valence-electron chi connectivity index (χ4n) is 2.65. The monoisotopic (exact) mass is 366 g/mol. The van der Waals surface area contributed by atoms with Crippen LogP contribution >= 0.6 is 35.6 Å². The van der Waals surface area contributed by atoms with Gasteiger partial charge in [0.05, 0.1) is 5.54 Å². The number of ether oxygens (including phenoxy) is 1. The van der Waals surface area contributed by atoms with Crippen LogP contribution in [0.5, 0.6) is 5.75 Å². The number of nitrogens with one attached hydrogen (secondary N) is 1. The number of hydrogen-bond acceptors (Lipinski definition) is 3. The third-order valence-corrected chi connectivity index (χ3v) is 4.29. The van der Waals surface area contributed by atoms with E-state index in [0.717, 1.165) is 25.7 Å². The second-order valence-electron chi connectivity index (χ2n) is 5.55. The summed E-state index contributed by atoms with van der Waals surface area (Å²) < 4.78 is 5.62. The smallest absolute Gasteiger partial charge is 0.261 e. The van der Waals surface area contributed by atoms with Crippen LogP contribution in [0.2, 0.25) is 10.0 Å². The van der Waals surface area contributed by atoms with Crippen LogP contribution in [-0.4, -0.2) is 24.1 Å². The lowest BCUT2D eigenvalue weighted by Crippen LogP contribution is -2.54. The van der Waals surface area contributed by atoms with Crippen LogP contribution in [0.25, 0.3) is 0 Å². The molecule has 2 rings (SSSR count). The Balaban J connectivity index is 0.00000242. The van der Waals surface area contributed by atoms with Gasteiger partial charge in [-0.15, -0.1) is 12.4 Å². The lowest BCUT2D eigenvalue weighted by atomic mass is 9.97. The van der Waals surface area contributed by atoms with E-state index in [4.69, 9.17) is 33.7 Å². The largest absolute Gasteiger partial charge is 0.481 e. The molecule has 1 amide bonds. The van der Waals surface area contributed by atoms with Gasteiger partial charge in [0.2, 0.25) is 0 Å². The summed E-state index contributed by atoms with van der Waals surface area (Å²) in [6, 6.07) is 4.87. The van der Waals surface area contributed by atoms with E-state index in [2.05, 4.69) is 5.32 Å². The van der Waals surface area contributed by atoms with Gasteiger partial charge in [0.15, 0.2) is 6.10 Å². The van der Waals surface area contributed by atoms with Gasteiger partial charge in [-0.2, -0.15) is 0 Å². The van der Waals surface area contributed by atoms with Crippen molar-refractivity contribution >= 4 is 41.5 Å². The molecule has 1 aromatic carbocycles. The molecule has 22 heavy (non-hydrogen) atoms. The fraction of sp³-hybridized carbons (Fsp3) is 0.533. The van der Waals surface area contributed by atoms with E-state index in [1.54, 1.807) is 25.1 Å². The van der Waals surface area contributed by atoms with Crippen molar-refractivity contribution < 1.29 is 9.53 Å². The van der Waals surface area contributed by atoms with Crippen LogP contribution in [0, 0.1) is 0 Å². The third-order valence-electron chi connectivity index (χ3n) is 3.86. The van der Waals surface area contributed by atoms with Crippen LogP contribution in [0.15, 0.2) is 18.2 Å². The van der Waals surface area contributed by atoms with Crippen LogP contribution in [0.4, 0.5) is 0 Å². The number of carbonyl (C=O) groups is 1. The number of rotatable bonds is 5. The number of nitrogens with two attached hydrogens (primary N) is 1. The van der Waals surface area contributed by atoms with Gasteiger partial charge in [0.25, 0.3) is 5.91 Å². The maximum absolute atomic E-state index is 12.3. The molecule has 1 aliphatic carbocycles. The Bertz CT molecular complexity index is 499. The first-order valence-corrected chi connectivity index (χ1v) is 7.84.